The molecule has 2 N–H and O–H groups in total. The normalized spacial score (nSPS) is 10.4. The molecular formula is C11H10BrN3O. The summed E-state index contributed by atoms with van der Waals surface area (Å²) in [6.07, 6.45) is 3.20. The number of nitrogens with zero attached hydrogens (tertiary/aromatic N) is 2. The average Bonchev–Trinajstić information content (AvgIpc) is 2.31. The lowest BCUT2D eigenvalue weighted by Crippen LogP contribution is -2.18. The molecule has 0 saturated heterocycles. The Morgan fingerprint density at radius 3 is 2.62 bits per heavy atom. The van der Waals surface area contributed by atoms with E-state index in [9.17, 15) is 4.79 Å². The second-order valence-corrected chi connectivity index (χ2v) is 4.21. The smallest absolute Gasteiger partial charge is 0.277 e. The van der Waals surface area contributed by atoms with Crippen LogP contribution in [0.25, 0.3) is 5.69 Å². The summed E-state index contributed by atoms with van der Waals surface area (Å²) in [5.74, 6) is 0. The van der Waals surface area contributed by atoms with Crippen molar-refractivity contribution in [1.82, 2.24) is 9.55 Å². The van der Waals surface area contributed by atoms with E-state index in [0.29, 0.717) is 5.56 Å². The van der Waals surface area contributed by atoms with Crippen LogP contribution in [0.3, 0.4) is 0 Å². The van der Waals surface area contributed by atoms with Crippen LogP contribution in [0.1, 0.15) is 5.56 Å². The van der Waals surface area contributed by atoms with Gasteiger partial charge in [-0.15, -0.1) is 0 Å². The number of benzene rings is 1. The van der Waals surface area contributed by atoms with Crippen molar-refractivity contribution in [2.75, 3.05) is 0 Å². The number of aromatic nitrogens is 2. The van der Waals surface area contributed by atoms with Gasteiger partial charge in [-0.3, -0.25) is 4.79 Å². The van der Waals surface area contributed by atoms with Crippen LogP contribution in [-0.4, -0.2) is 9.55 Å². The fourth-order valence-electron chi connectivity index (χ4n) is 1.35. The molecule has 0 spiro atoms. The predicted octanol–water partition coefficient (Wildman–Crippen LogP) is 1.45. The third-order valence-electron chi connectivity index (χ3n) is 2.21. The average molecular weight is 280 g/mol. The maximum Gasteiger partial charge on any atom is 0.277 e. The molecule has 1 heterocycles. The number of hydrogen-bond acceptors (Lipinski definition) is 3. The number of hydrogen-bond donors (Lipinski definition) is 1. The van der Waals surface area contributed by atoms with Crippen molar-refractivity contribution >= 4 is 15.9 Å². The molecule has 82 valence electrons. The minimum absolute atomic E-state index is 0.198. The lowest BCUT2D eigenvalue weighted by atomic mass is 10.3. The molecule has 0 unspecified atom stereocenters. The van der Waals surface area contributed by atoms with Gasteiger partial charge >= 0.3 is 0 Å². The van der Waals surface area contributed by atoms with Crippen molar-refractivity contribution in [2.24, 2.45) is 5.73 Å². The molecule has 2 aromatic rings. The molecule has 0 saturated carbocycles. The van der Waals surface area contributed by atoms with Gasteiger partial charge in [0, 0.05) is 28.5 Å². The molecule has 0 radical (unpaired) electrons. The van der Waals surface area contributed by atoms with E-state index in [1.807, 2.05) is 24.3 Å². The summed E-state index contributed by atoms with van der Waals surface area (Å²) < 4.78 is 2.78. The summed E-state index contributed by atoms with van der Waals surface area (Å²) in [6, 6.07) is 7.71. The van der Waals surface area contributed by atoms with Crippen molar-refractivity contribution < 1.29 is 0 Å². The topological polar surface area (TPSA) is 60.9 Å². The third-order valence-corrected chi connectivity index (χ3v) is 2.74. The first kappa shape index (κ1) is 11.0. The highest BCUT2D eigenvalue weighted by atomic mass is 79.9. The van der Waals surface area contributed by atoms with Crippen molar-refractivity contribution in [3.63, 3.8) is 0 Å². The van der Waals surface area contributed by atoms with Crippen molar-refractivity contribution in [3.05, 3.63) is 57.2 Å². The second kappa shape index (κ2) is 4.59. The van der Waals surface area contributed by atoms with Crippen LogP contribution < -0.4 is 11.3 Å². The lowest BCUT2D eigenvalue weighted by molar-refractivity contribution is 0.899. The SMILES string of the molecule is NCc1cn(-c2ccc(Br)cc2)cnc1=O. The number of nitrogens with two attached hydrogens (primary N) is 1. The molecule has 0 aliphatic heterocycles. The second-order valence-electron chi connectivity index (χ2n) is 3.29. The van der Waals surface area contributed by atoms with Gasteiger partial charge in [-0.05, 0) is 24.3 Å². The summed E-state index contributed by atoms with van der Waals surface area (Å²) in [6.45, 7) is 0.198. The molecule has 0 aliphatic rings. The fraction of sp³-hybridized carbons (Fsp3) is 0.0909. The first-order valence-corrected chi connectivity index (χ1v) is 5.53. The van der Waals surface area contributed by atoms with Gasteiger partial charge in [0.1, 0.15) is 6.33 Å². The molecule has 5 heteroatoms. The van der Waals surface area contributed by atoms with E-state index in [1.54, 1.807) is 10.8 Å². The minimum Gasteiger partial charge on any atom is -0.326 e. The van der Waals surface area contributed by atoms with E-state index in [2.05, 4.69) is 20.9 Å². The molecule has 0 amide bonds. The molecule has 4 nitrogen and oxygen atoms in total. The molecule has 0 atom stereocenters. The largest absolute Gasteiger partial charge is 0.326 e. The zero-order chi connectivity index (χ0) is 11.5. The summed E-state index contributed by atoms with van der Waals surface area (Å²) in [5.41, 5.74) is 6.63. The van der Waals surface area contributed by atoms with Gasteiger partial charge in [0.05, 0.1) is 0 Å². The Kier molecular flexibility index (Phi) is 3.17. The molecule has 16 heavy (non-hydrogen) atoms. The first-order valence-electron chi connectivity index (χ1n) is 4.74. The highest BCUT2D eigenvalue weighted by Gasteiger charge is 2.00. The van der Waals surface area contributed by atoms with E-state index in [-0.39, 0.29) is 12.1 Å². The van der Waals surface area contributed by atoms with Crippen LogP contribution in [0.5, 0.6) is 0 Å². The van der Waals surface area contributed by atoms with Gasteiger partial charge in [-0.1, -0.05) is 15.9 Å². The zero-order valence-electron chi connectivity index (χ0n) is 8.43. The Labute approximate surface area is 101 Å². The Morgan fingerprint density at radius 1 is 1.31 bits per heavy atom. The number of halogens is 1. The van der Waals surface area contributed by atoms with Crippen LogP contribution in [0.4, 0.5) is 0 Å². The Morgan fingerprint density at radius 2 is 2.00 bits per heavy atom. The minimum atomic E-state index is -0.268. The number of rotatable bonds is 2. The highest BCUT2D eigenvalue weighted by Crippen LogP contribution is 2.13. The van der Waals surface area contributed by atoms with Crippen molar-refractivity contribution in [1.29, 1.82) is 0 Å². The van der Waals surface area contributed by atoms with Crippen LogP contribution in [0.15, 0.2) is 46.1 Å². The molecule has 0 fully saturated rings. The van der Waals surface area contributed by atoms with Gasteiger partial charge < -0.3 is 10.3 Å². The molecule has 0 bridgehead atoms. The van der Waals surface area contributed by atoms with E-state index in [0.717, 1.165) is 10.2 Å². The Bertz CT molecular complexity index is 548. The molecule has 1 aromatic carbocycles. The maximum absolute atomic E-state index is 11.3. The summed E-state index contributed by atoms with van der Waals surface area (Å²) >= 11 is 3.36. The van der Waals surface area contributed by atoms with Gasteiger partial charge in [0.15, 0.2) is 0 Å². The monoisotopic (exact) mass is 279 g/mol. The van der Waals surface area contributed by atoms with Crippen LogP contribution in [0, 0.1) is 0 Å². The highest BCUT2D eigenvalue weighted by molar-refractivity contribution is 9.10. The van der Waals surface area contributed by atoms with Gasteiger partial charge in [-0.25, -0.2) is 0 Å². The lowest BCUT2D eigenvalue weighted by Gasteiger charge is -2.06. The van der Waals surface area contributed by atoms with Crippen LogP contribution in [0.2, 0.25) is 0 Å². The molecule has 0 aliphatic carbocycles. The van der Waals surface area contributed by atoms with Gasteiger partial charge in [0.2, 0.25) is 0 Å². The van der Waals surface area contributed by atoms with E-state index in [4.69, 9.17) is 5.73 Å². The van der Waals surface area contributed by atoms with E-state index < -0.39 is 0 Å². The van der Waals surface area contributed by atoms with Crippen LogP contribution >= 0.6 is 15.9 Å². The quantitative estimate of drug-likeness (QED) is 0.905. The molecular weight excluding hydrogens is 270 g/mol. The zero-order valence-corrected chi connectivity index (χ0v) is 10.0. The first-order chi connectivity index (χ1) is 7.70. The predicted molar refractivity (Wildman–Crippen MR) is 65.4 cm³/mol. The molecule has 1 aromatic heterocycles. The Hall–Kier alpha value is -1.46. The van der Waals surface area contributed by atoms with E-state index >= 15 is 0 Å². The Balaban J connectivity index is 2.48. The summed E-state index contributed by atoms with van der Waals surface area (Å²) in [5, 5.41) is 0. The standard InChI is InChI=1S/C11H10BrN3O/c12-9-1-3-10(4-2-9)15-6-8(5-13)11(16)14-7-15/h1-4,6-7H,5,13H2. The van der Waals surface area contributed by atoms with Gasteiger partial charge in [-0.2, -0.15) is 4.98 Å². The summed E-state index contributed by atoms with van der Waals surface area (Å²) in [7, 11) is 0. The molecule has 2 rings (SSSR count). The van der Waals surface area contributed by atoms with Crippen LogP contribution in [-0.2, 0) is 6.54 Å². The fourth-order valence-corrected chi connectivity index (χ4v) is 1.61. The van der Waals surface area contributed by atoms with Crippen molar-refractivity contribution in [2.45, 2.75) is 6.54 Å². The summed E-state index contributed by atoms with van der Waals surface area (Å²) in [4.78, 5) is 15.0. The third kappa shape index (κ3) is 2.20. The maximum atomic E-state index is 11.3. The van der Waals surface area contributed by atoms with Crippen molar-refractivity contribution in [3.8, 4) is 5.69 Å². The van der Waals surface area contributed by atoms with Gasteiger partial charge in [0.25, 0.3) is 5.56 Å². The van der Waals surface area contributed by atoms with E-state index in [1.165, 1.54) is 6.33 Å².